The molecule has 4 atom stereocenters. The Kier molecular flexibility index (Phi) is 16.9. The minimum absolute atomic E-state index is 0.00961. The first-order chi connectivity index (χ1) is 37.3. The number of imide groups is 1. The van der Waals surface area contributed by atoms with Crippen LogP contribution in [0.5, 0.6) is 0 Å². The van der Waals surface area contributed by atoms with Crippen molar-refractivity contribution < 1.29 is 67.3 Å². The van der Waals surface area contributed by atoms with Gasteiger partial charge in [0.05, 0.1) is 54.7 Å². The number of carbonyl (C=O) groups is 10. The number of aliphatic carboxylic acids is 1. The lowest BCUT2D eigenvalue weighted by Gasteiger charge is -2.31. The van der Waals surface area contributed by atoms with E-state index in [1.807, 2.05) is 0 Å². The van der Waals surface area contributed by atoms with Crippen LogP contribution in [0.4, 0.5) is 4.39 Å². The standard InChI is InChI=1S/C54H58FN9O14/c1-3-54(77)33-21-39-49-31(26-64(39)52(75)32(33)27-78-53(54)76)48-35(14-13-30-28(2)34(55)22-37(62-49)47(30)48)59-43(68)25-58-51(74)38(20-29-10-6-4-7-11-29)61-42(67)24-56-41(66)23-57-50(73)36(15-18-46(71)72)60-40(65)12-8-5-9-19-63-44(69)16-17-45(63)70/h4,6-7,10-11,16-17,21-22,35-36,38,77H,3,5,8-9,12-15,18-20,23-27H2,1-2H3,(H,56,66)(H,57,73)(H,58,74)(H,59,68)(H,60,65)(H,61,67)(H,71,72)/t35-,36-,38-,54-/m0/s1. The second-order valence-corrected chi connectivity index (χ2v) is 19.5. The number of nitrogens with one attached hydrogen (secondary N) is 6. The number of cyclic esters (lactones) is 1. The van der Waals surface area contributed by atoms with Gasteiger partial charge in [0.15, 0.2) is 5.60 Å². The Morgan fingerprint density at radius 3 is 2.21 bits per heavy atom. The first-order valence-corrected chi connectivity index (χ1v) is 25.6. The molecule has 4 aromatic rings. The highest BCUT2D eigenvalue weighted by Gasteiger charge is 2.46. The number of hydrogen-bond donors (Lipinski definition) is 8. The zero-order valence-corrected chi connectivity index (χ0v) is 42.8. The summed E-state index contributed by atoms with van der Waals surface area (Å²) in [6.07, 6.45) is 3.34. The third kappa shape index (κ3) is 12.0. The predicted molar refractivity (Wildman–Crippen MR) is 273 cm³/mol. The second-order valence-electron chi connectivity index (χ2n) is 19.5. The summed E-state index contributed by atoms with van der Waals surface area (Å²) in [5, 5.41) is 36.5. The van der Waals surface area contributed by atoms with E-state index in [0.717, 1.165) is 4.90 Å². The normalized spacial score (nSPS) is 17.5. The van der Waals surface area contributed by atoms with Crippen molar-refractivity contribution in [3.05, 3.63) is 110 Å². The van der Waals surface area contributed by atoms with Gasteiger partial charge in [-0.2, -0.15) is 0 Å². The fourth-order valence-corrected chi connectivity index (χ4v) is 10.3. The summed E-state index contributed by atoms with van der Waals surface area (Å²) in [4.78, 5) is 147. The SMILES string of the molecule is CC[C@@]1(O)C(=O)OCc2c1cc1n(c2=O)Cc2c-1nc1cc(F)c(C)c3c1c2[C@@H](NC(=O)CNC(=O)[C@H](Cc1ccccc1)NC(=O)CNC(=O)CNC(=O)[C@H](CCC(=O)O)NC(=O)CCCCCN1C(=O)C=CC1=O)CC3. The number of esters is 1. The van der Waals surface area contributed by atoms with Gasteiger partial charge in [-0.1, -0.05) is 43.7 Å². The molecule has 410 valence electrons. The van der Waals surface area contributed by atoms with Crippen molar-refractivity contribution in [3.8, 4) is 11.4 Å². The average Bonchev–Trinajstić information content (AvgIpc) is 4.17. The van der Waals surface area contributed by atoms with Crippen LogP contribution >= 0.6 is 0 Å². The van der Waals surface area contributed by atoms with E-state index >= 15 is 4.39 Å². The lowest BCUT2D eigenvalue weighted by molar-refractivity contribution is -0.172. The summed E-state index contributed by atoms with van der Waals surface area (Å²) < 4.78 is 22.1. The molecular weight excluding hydrogens is 1020 g/mol. The third-order valence-corrected chi connectivity index (χ3v) is 14.4. The van der Waals surface area contributed by atoms with E-state index < -0.39 is 120 Å². The van der Waals surface area contributed by atoms with E-state index in [1.165, 1.54) is 22.8 Å². The molecular formula is C54H58FN9O14. The number of pyridine rings is 2. The number of carboxylic acids is 1. The van der Waals surface area contributed by atoms with E-state index in [2.05, 4.69) is 31.9 Å². The number of carboxylic acid groups (broad SMARTS) is 1. The van der Waals surface area contributed by atoms with E-state index in [1.54, 1.807) is 50.2 Å². The minimum atomic E-state index is -2.08. The van der Waals surface area contributed by atoms with Gasteiger partial charge in [-0.15, -0.1) is 0 Å². The molecule has 0 unspecified atom stereocenters. The van der Waals surface area contributed by atoms with Crippen molar-refractivity contribution in [1.29, 1.82) is 0 Å². The van der Waals surface area contributed by atoms with Gasteiger partial charge in [0, 0.05) is 60.5 Å². The van der Waals surface area contributed by atoms with Crippen LogP contribution in [-0.2, 0) is 84.3 Å². The van der Waals surface area contributed by atoms with Crippen molar-refractivity contribution in [1.82, 2.24) is 46.4 Å². The Labute approximate surface area is 444 Å². The van der Waals surface area contributed by atoms with Crippen LogP contribution in [0.1, 0.15) is 103 Å². The number of nitrogens with zero attached hydrogens (tertiary/aromatic N) is 3. The molecule has 0 spiro atoms. The lowest BCUT2D eigenvalue weighted by Crippen LogP contribution is -2.53. The number of carbonyl (C=O) groups excluding carboxylic acids is 9. The summed E-state index contributed by atoms with van der Waals surface area (Å²) in [5.41, 5.74) is 1.44. The molecule has 8 amide bonds. The number of benzene rings is 2. The zero-order chi connectivity index (χ0) is 56.0. The van der Waals surface area contributed by atoms with Crippen LogP contribution in [0.3, 0.4) is 0 Å². The van der Waals surface area contributed by atoms with Crippen LogP contribution in [-0.4, -0.2) is 122 Å². The lowest BCUT2D eigenvalue weighted by atomic mass is 9.81. The maximum absolute atomic E-state index is 15.5. The smallest absolute Gasteiger partial charge is 0.343 e. The third-order valence-electron chi connectivity index (χ3n) is 14.4. The highest BCUT2D eigenvalue weighted by molar-refractivity contribution is 6.12. The van der Waals surface area contributed by atoms with Crippen molar-refractivity contribution in [3.63, 3.8) is 0 Å². The van der Waals surface area contributed by atoms with Crippen LogP contribution in [0.2, 0.25) is 0 Å². The van der Waals surface area contributed by atoms with Crippen molar-refractivity contribution >= 4 is 70.1 Å². The van der Waals surface area contributed by atoms with Gasteiger partial charge in [-0.25, -0.2) is 14.2 Å². The van der Waals surface area contributed by atoms with Gasteiger partial charge in [0.25, 0.3) is 17.4 Å². The molecule has 0 radical (unpaired) electrons. The highest BCUT2D eigenvalue weighted by atomic mass is 19.1. The van der Waals surface area contributed by atoms with Gasteiger partial charge in [0.2, 0.25) is 35.4 Å². The fraction of sp³-hybridized carbons (Fsp3) is 0.407. The van der Waals surface area contributed by atoms with Gasteiger partial charge < -0.3 is 51.4 Å². The summed E-state index contributed by atoms with van der Waals surface area (Å²) in [6.45, 7) is 1.22. The Hall–Kier alpha value is -8.67. The van der Waals surface area contributed by atoms with E-state index in [4.69, 9.17) is 9.72 Å². The molecule has 78 heavy (non-hydrogen) atoms. The summed E-state index contributed by atoms with van der Waals surface area (Å²) in [6, 6.07) is 8.21. The maximum Gasteiger partial charge on any atom is 0.343 e. The van der Waals surface area contributed by atoms with Gasteiger partial charge in [-0.05, 0) is 73.8 Å². The van der Waals surface area contributed by atoms with Crippen LogP contribution in [0.25, 0.3) is 22.3 Å². The average molecular weight is 1080 g/mol. The summed E-state index contributed by atoms with van der Waals surface area (Å²) in [5.74, 6) is -7.87. The monoisotopic (exact) mass is 1080 g/mol. The topological polar surface area (TPSA) is 331 Å². The fourth-order valence-electron chi connectivity index (χ4n) is 10.3. The Balaban J connectivity index is 0.876. The maximum atomic E-state index is 15.5. The number of ether oxygens (including phenoxy) is 1. The predicted octanol–water partition coefficient (Wildman–Crippen LogP) is 0.542. The highest BCUT2D eigenvalue weighted by Crippen LogP contribution is 2.46. The van der Waals surface area contributed by atoms with E-state index in [0.29, 0.717) is 76.7 Å². The Bertz CT molecular complexity index is 3230. The summed E-state index contributed by atoms with van der Waals surface area (Å²) >= 11 is 0. The Morgan fingerprint density at radius 1 is 0.821 bits per heavy atom. The number of unbranched alkanes of at least 4 members (excludes halogenated alkanes) is 2. The molecule has 2 aromatic heterocycles. The van der Waals surface area contributed by atoms with Crippen LogP contribution in [0.15, 0.2) is 59.4 Å². The molecule has 8 rings (SSSR count). The number of aromatic nitrogens is 2. The van der Waals surface area contributed by atoms with Gasteiger partial charge in [0.1, 0.15) is 24.5 Å². The molecule has 3 aliphatic heterocycles. The molecule has 8 N–H and O–H groups in total. The molecule has 1 aliphatic carbocycles. The number of halogens is 1. The van der Waals surface area contributed by atoms with Crippen LogP contribution in [0, 0.1) is 12.7 Å². The minimum Gasteiger partial charge on any atom is -0.481 e. The number of hydrogen-bond acceptors (Lipinski definition) is 14. The molecule has 0 fully saturated rings. The Morgan fingerprint density at radius 2 is 1.50 bits per heavy atom. The number of fused-ring (bicyclic) bond motifs is 5. The first-order valence-electron chi connectivity index (χ1n) is 25.6. The van der Waals surface area contributed by atoms with E-state index in [9.17, 15) is 63.0 Å². The number of amides is 8. The first kappa shape index (κ1) is 55.6. The number of aryl methyl sites for hydroxylation is 1. The molecule has 4 aliphatic rings. The number of aliphatic hydroxyl groups is 1. The van der Waals surface area contributed by atoms with Gasteiger partial charge >= 0.3 is 11.9 Å². The van der Waals surface area contributed by atoms with Gasteiger partial charge in [-0.3, -0.25) is 52.8 Å². The molecule has 23 nitrogen and oxygen atoms in total. The molecule has 0 saturated heterocycles. The molecule has 0 bridgehead atoms. The quantitative estimate of drug-likeness (QED) is 0.0252. The molecule has 0 saturated carbocycles. The van der Waals surface area contributed by atoms with Crippen molar-refractivity contribution in [2.24, 2.45) is 0 Å². The van der Waals surface area contributed by atoms with Crippen LogP contribution < -0.4 is 37.5 Å². The molecule has 24 heteroatoms. The molecule has 2 aromatic carbocycles. The van der Waals surface area contributed by atoms with Crippen molar-refractivity contribution in [2.75, 3.05) is 26.2 Å². The molecule has 5 heterocycles. The number of rotatable bonds is 23. The van der Waals surface area contributed by atoms with E-state index in [-0.39, 0.29) is 62.0 Å². The second kappa shape index (κ2) is 23.7. The van der Waals surface area contributed by atoms with Crippen molar-refractivity contribution in [2.45, 2.75) is 115 Å². The largest absolute Gasteiger partial charge is 0.481 e. The zero-order valence-electron chi connectivity index (χ0n) is 42.8. The summed E-state index contributed by atoms with van der Waals surface area (Å²) in [7, 11) is 0.